The molecule has 90 valence electrons. The average molecular weight is 234 g/mol. The largest absolute Gasteiger partial charge is 0.504 e. The Morgan fingerprint density at radius 1 is 1.59 bits per heavy atom. The molecule has 0 aromatic heterocycles. The molecule has 5 nitrogen and oxygen atoms in total. The summed E-state index contributed by atoms with van der Waals surface area (Å²) in [6.45, 7) is 1.38. The van der Waals surface area contributed by atoms with Gasteiger partial charge in [0, 0.05) is 14.0 Å². The molecule has 1 atom stereocenters. The van der Waals surface area contributed by atoms with E-state index < -0.39 is 6.04 Å². The Morgan fingerprint density at radius 3 is 2.65 bits per heavy atom. The molecule has 0 bridgehead atoms. The quantitative estimate of drug-likeness (QED) is 0.858. The number of carbonyl (C=O) groups is 1. The van der Waals surface area contributed by atoms with Crippen LogP contribution < -0.4 is 4.74 Å². The fourth-order valence-corrected chi connectivity index (χ4v) is 1.44. The Kier molecular flexibility index (Phi) is 3.94. The second-order valence-electron chi connectivity index (χ2n) is 3.59. The van der Waals surface area contributed by atoms with Crippen molar-refractivity contribution in [2.75, 3.05) is 14.2 Å². The van der Waals surface area contributed by atoms with Gasteiger partial charge in [0.1, 0.15) is 6.04 Å². The van der Waals surface area contributed by atoms with Gasteiger partial charge in [0.15, 0.2) is 11.5 Å². The maximum atomic E-state index is 11.2. The number of phenols is 1. The summed E-state index contributed by atoms with van der Waals surface area (Å²) < 4.78 is 4.91. The van der Waals surface area contributed by atoms with E-state index in [1.54, 1.807) is 12.1 Å². The lowest BCUT2D eigenvalue weighted by atomic mass is 10.1. The Balaban J connectivity index is 3.10. The molecule has 0 aliphatic rings. The fraction of sp³-hybridized carbons (Fsp3) is 0.333. The molecule has 0 heterocycles. The Hall–Kier alpha value is -2.22. The first kappa shape index (κ1) is 12.8. The Morgan fingerprint density at radius 2 is 2.24 bits per heavy atom. The van der Waals surface area contributed by atoms with Gasteiger partial charge in [-0.25, -0.2) is 0 Å². The van der Waals surface area contributed by atoms with E-state index in [1.807, 2.05) is 6.07 Å². The lowest BCUT2D eigenvalue weighted by Gasteiger charge is -2.21. The number of carbonyl (C=O) groups excluding carboxylic acids is 1. The number of phenolic OH excluding ortho intramolecular Hbond substituents is 1. The number of hydrogen-bond acceptors (Lipinski definition) is 4. The number of rotatable bonds is 3. The molecule has 0 aliphatic carbocycles. The van der Waals surface area contributed by atoms with Gasteiger partial charge in [-0.05, 0) is 17.7 Å². The number of aromatic hydroxyl groups is 1. The van der Waals surface area contributed by atoms with Gasteiger partial charge < -0.3 is 14.7 Å². The van der Waals surface area contributed by atoms with E-state index in [4.69, 9.17) is 10.00 Å². The number of benzene rings is 1. The smallest absolute Gasteiger partial charge is 0.220 e. The summed E-state index contributed by atoms with van der Waals surface area (Å²) in [5, 5.41) is 18.7. The molecule has 0 saturated heterocycles. The van der Waals surface area contributed by atoms with Crippen LogP contribution in [-0.4, -0.2) is 30.1 Å². The van der Waals surface area contributed by atoms with Crippen molar-refractivity contribution in [3.05, 3.63) is 23.8 Å². The normalized spacial score (nSPS) is 11.4. The first-order valence-electron chi connectivity index (χ1n) is 5.01. The standard InChI is InChI=1S/C12H14N2O3/c1-8(15)14(2)10(7-13)9-4-5-12(17-3)11(16)6-9/h4-6,10,16H,1-3H3. The minimum absolute atomic E-state index is 0.0535. The van der Waals surface area contributed by atoms with Crippen LogP contribution in [0, 0.1) is 11.3 Å². The molecule has 1 unspecified atom stereocenters. The highest BCUT2D eigenvalue weighted by molar-refractivity contribution is 5.74. The highest BCUT2D eigenvalue weighted by Gasteiger charge is 2.19. The molecule has 1 aromatic carbocycles. The van der Waals surface area contributed by atoms with Crippen LogP contribution in [0.5, 0.6) is 11.5 Å². The Labute approximate surface area is 99.8 Å². The number of hydrogen-bond donors (Lipinski definition) is 1. The van der Waals surface area contributed by atoms with Gasteiger partial charge in [0.2, 0.25) is 5.91 Å². The average Bonchev–Trinajstić information content (AvgIpc) is 2.30. The zero-order valence-corrected chi connectivity index (χ0v) is 9.97. The molecule has 1 aromatic rings. The Bertz CT molecular complexity index is 465. The molecule has 0 aliphatic heterocycles. The highest BCUT2D eigenvalue weighted by atomic mass is 16.5. The summed E-state index contributed by atoms with van der Waals surface area (Å²) in [5.74, 6) is 0.0602. The van der Waals surface area contributed by atoms with Gasteiger partial charge in [-0.3, -0.25) is 4.79 Å². The van der Waals surface area contributed by atoms with E-state index in [9.17, 15) is 9.90 Å². The molecular weight excluding hydrogens is 220 g/mol. The van der Waals surface area contributed by atoms with Crippen molar-refractivity contribution >= 4 is 5.91 Å². The number of nitrogens with zero attached hydrogens (tertiary/aromatic N) is 2. The van der Waals surface area contributed by atoms with Crippen molar-refractivity contribution in [2.45, 2.75) is 13.0 Å². The van der Waals surface area contributed by atoms with Gasteiger partial charge in [0.05, 0.1) is 13.2 Å². The summed E-state index contributed by atoms with van der Waals surface area (Å²) in [7, 11) is 2.98. The lowest BCUT2D eigenvalue weighted by molar-refractivity contribution is -0.128. The molecule has 5 heteroatoms. The van der Waals surface area contributed by atoms with Crippen LogP contribution in [0.15, 0.2) is 18.2 Å². The number of methoxy groups -OCH3 is 1. The summed E-state index contributed by atoms with van der Waals surface area (Å²) in [6, 6.07) is 5.93. The summed E-state index contributed by atoms with van der Waals surface area (Å²) in [5.41, 5.74) is 0.545. The number of nitriles is 1. The third kappa shape index (κ3) is 2.67. The minimum Gasteiger partial charge on any atom is -0.504 e. The predicted octanol–water partition coefficient (Wildman–Crippen LogP) is 1.44. The van der Waals surface area contributed by atoms with Gasteiger partial charge >= 0.3 is 0 Å². The van der Waals surface area contributed by atoms with E-state index in [0.717, 1.165) is 0 Å². The summed E-state index contributed by atoms with van der Waals surface area (Å²) in [4.78, 5) is 12.5. The number of ether oxygens (including phenoxy) is 1. The van der Waals surface area contributed by atoms with E-state index in [2.05, 4.69) is 0 Å². The second kappa shape index (κ2) is 5.21. The van der Waals surface area contributed by atoms with Gasteiger partial charge in [-0.1, -0.05) is 6.07 Å². The SMILES string of the molecule is COc1ccc(C(C#N)N(C)C(C)=O)cc1O. The van der Waals surface area contributed by atoms with Crippen LogP contribution in [-0.2, 0) is 4.79 Å². The predicted molar refractivity (Wildman–Crippen MR) is 61.5 cm³/mol. The minimum atomic E-state index is -0.718. The van der Waals surface area contributed by atoms with Gasteiger partial charge in [-0.2, -0.15) is 5.26 Å². The van der Waals surface area contributed by atoms with E-state index in [1.165, 1.54) is 32.0 Å². The lowest BCUT2D eigenvalue weighted by Crippen LogP contribution is -2.28. The maximum Gasteiger partial charge on any atom is 0.220 e. The molecule has 0 spiro atoms. The van der Waals surface area contributed by atoms with Crippen LogP contribution in [0.25, 0.3) is 0 Å². The van der Waals surface area contributed by atoms with E-state index in [0.29, 0.717) is 11.3 Å². The van der Waals surface area contributed by atoms with Gasteiger partial charge in [-0.15, -0.1) is 0 Å². The topological polar surface area (TPSA) is 73.6 Å². The molecule has 0 fully saturated rings. The van der Waals surface area contributed by atoms with Crippen molar-refractivity contribution in [2.24, 2.45) is 0 Å². The molecule has 0 saturated carbocycles. The van der Waals surface area contributed by atoms with Crippen LogP contribution >= 0.6 is 0 Å². The fourth-order valence-electron chi connectivity index (χ4n) is 1.44. The zero-order valence-electron chi connectivity index (χ0n) is 9.97. The summed E-state index contributed by atoms with van der Waals surface area (Å²) in [6.07, 6.45) is 0. The van der Waals surface area contributed by atoms with Crippen LogP contribution in [0.1, 0.15) is 18.5 Å². The summed E-state index contributed by atoms with van der Waals surface area (Å²) >= 11 is 0. The van der Waals surface area contributed by atoms with Crippen molar-refractivity contribution in [1.29, 1.82) is 5.26 Å². The third-order valence-electron chi connectivity index (χ3n) is 2.52. The molecule has 1 rings (SSSR count). The third-order valence-corrected chi connectivity index (χ3v) is 2.52. The zero-order chi connectivity index (χ0) is 13.0. The van der Waals surface area contributed by atoms with Crippen LogP contribution in [0.3, 0.4) is 0 Å². The van der Waals surface area contributed by atoms with Crippen molar-refractivity contribution in [3.8, 4) is 17.6 Å². The molecule has 17 heavy (non-hydrogen) atoms. The molecule has 1 N–H and O–H groups in total. The number of amides is 1. The van der Waals surface area contributed by atoms with E-state index in [-0.39, 0.29) is 11.7 Å². The van der Waals surface area contributed by atoms with Gasteiger partial charge in [0.25, 0.3) is 0 Å². The van der Waals surface area contributed by atoms with Crippen LogP contribution in [0.4, 0.5) is 0 Å². The first-order chi connectivity index (χ1) is 8.01. The maximum absolute atomic E-state index is 11.2. The molecular formula is C12H14N2O3. The molecule has 1 amide bonds. The first-order valence-corrected chi connectivity index (χ1v) is 5.01. The highest BCUT2D eigenvalue weighted by Crippen LogP contribution is 2.30. The van der Waals surface area contributed by atoms with Crippen molar-refractivity contribution in [1.82, 2.24) is 4.90 Å². The van der Waals surface area contributed by atoms with Crippen molar-refractivity contribution < 1.29 is 14.6 Å². The molecule has 0 radical (unpaired) electrons. The van der Waals surface area contributed by atoms with Crippen LogP contribution in [0.2, 0.25) is 0 Å². The monoisotopic (exact) mass is 234 g/mol. The van der Waals surface area contributed by atoms with E-state index >= 15 is 0 Å². The van der Waals surface area contributed by atoms with Crippen molar-refractivity contribution in [3.63, 3.8) is 0 Å². The second-order valence-corrected chi connectivity index (χ2v) is 3.59.